The standard InChI is InChI=1S/C9H17F2NO/c10-9(11)2-1-8-3-4-12(7-8)5-6-13/h8-9,13H,1-7H2. The zero-order valence-corrected chi connectivity index (χ0v) is 7.75. The Kier molecular flexibility index (Phi) is 4.59. The normalized spacial score (nSPS) is 24.5. The molecule has 0 saturated carbocycles. The molecule has 0 aromatic rings. The van der Waals surface area contributed by atoms with E-state index in [0.717, 1.165) is 19.5 Å². The molecule has 0 spiro atoms. The topological polar surface area (TPSA) is 23.5 Å². The molecule has 1 fully saturated rings. The van der Waals surface area contributed by atoms with Crippen molar-refractivity contribution in [1.29, 1.82) is 0 Å². The number of aliphatic hydroxyl groups excluding tert-OH is 1. The van der Waals surface area contributed by atoms with Gasteiger partial charge in [-0.1, -0.05) is 0 Å². The van der Waals surface area contributed by atoms with E-state index < -0.39 is 6.43 Å². The van der Waals surface area contributed by atoms with Crippen LogP contribution in [0, 0.1) is 5.92 Å². The van der Waals surface area contributed by atoms with E-state index >= 15 is 0 Å². The number of alkyl halides is 2. The van der Waals surface area contributed by atoms with Crippen LogP contribution < -0.4 is 0 Å². The molecule has 1 rings (SSSR count). The first-order valence-electron chi connectivity index (χ1n) is 4.83. The molecule has 1 saturated heterocycles. The Labute approximate surface area is 77.5 Å². The Morgan fingerprint density at radius 1 is 1.46 bits per heavy atom. The van der Waals surface area contributed by atoms with Crippen LogP contribution in [0.2, 0.25) is 0 Å². The van der Waals surface area contributed by atoms with Gasteiger partial charge >= 0.3 is 0 Å². The summed E-state index contributed by atoms with van der Waals surface area (Å²) in [4.78, 5) is 2.14. The first kappa shape index (κ1) is 10.9. The van der Waals surface area contributed by atoms with E-state index in [1.165, 1.54) is 0 Å². The lowest BCUT2D eigenvalue weighted by atomic mass is 10.0. The molecule has 0 aliphatic carbocycles. The van der Waals surface area contributed by atoms with Crippen molar-refractivity contribution < 1.29 is 13.9 Å². The molecule has 4 heteroatoms. The minimum absolute atomic E-state index is 0.0254. The van der Waals surface area contributed by atoms with E-state index in [4.69, 9.17) is 5.11 Å². The molecular weight excluding hydrogens is 176 g/mol. The van der Waals surface area contributed by atoms with Crippen molar-refractivity contribution in [1.82, 2.24) is 4.90 Å². The summed E-state index contributed by atoms with van der Waals surface area (Å²) in [5.41, 5.74) is 0. The smallest absolute Gasteiger partial charge is 0.238 e. The predicted octanol–water partition coefficient (Wildman–Crippen LogP) is 1.35. The van der Waals surface area contributed by atoms with Crippen LogP contribution in [0.25, 0.3) is 0 Å². The predicted molar refractivity (Wildman–Crippen MR) is 46.9 cm³/mol. The quantitative estimate of drug-likeness (QED) is 0.712. The van der Waals surface area contributed by atoms with Crippen LogP contribution in [0.1, 0.15) is 19.3 Å². The van der Waals surface area contributed by atoms with Gasteiger partial charge in [0.1, 0.15) is 0 Å². The van der Waals surface area contributed by atoms with Gasteiger partial charge in [0.15, 0.2) is 0 Å². The average molecular weight is 193 g/mol. The lowest BCUT2D eigenvalue weighted by Gasteiger charge is -2.13. The van der Waals surface area contributed by atoms with Crippen LogP contribution in [0.3, 0.4) is 0 Å². The average Bonchev–Trinajstić information content (AvgIpc) is 2.50. The van der Waals surface area contributed by atoms with Crippen LogP contribution in [0.15, 0.2) is 0 Å². The van der Waals surface area contributed by atoms with E-state index in [2.05, 4.69) is 4.90 Å². The molecular formula is C9H17F2NO. The molecule has 0 aromatic heterocycles. The largest absolute Gasteiger partial charge is 0.395 e. The molecule has 1 N–H and O–H groups in total. The molecule has 0 bridgehead atoms. The van der Waals surface area contributed by atoms with E-state index in [9.17, 15) is 8.78 Å². The van der Waals surface area contributed by atoms with Crippen LogP contribution >= 0.6 is 0 Å². The Hall–Kier alpha value is -0.220. The third kappa shape index (κ3) is 4.00. The van der Waals surface area contributed by atoms with Gasteiger partial charge in [0.25, 0.3) is 0 Å². The van der Waals surface area contributed by atoms with Crippen LogP contribution in [0.5, 0.6) is 0 Å². The Morgan fingerprint density at radius 3 is 2.85 bits per heavy atom. The highest BCUT2D eigenvalue weighted by atomic mass is 19.3. The fourth-order valence-electron chi connectivity index (χ4n) is 1.85. The molecule has 1 atom stereocenters. The van der Waals surface area contributed by atoms with Gasteiger partial charge in [-0.05, 0) is 25.3 Å². The number of hydrogen-bond acceptors (Lipinski definition) is 2. The fraction of sp³-hybridized carbons (Fsp3) is 1.00. The third-order valence-electron chi connectivity index (χ3n) is 2.58. The van der Waals surface area contributed by atoms with E-state index in [1.54, 1.807) is 0 Å². The summed E-state index contributed by atoms with van der Waals surface area (Å²) in [5.74, 6) is 0.417. The minimum atomic E-state index is -2.16. The van der Waals surface area contributed by atoms with Gasteiger partial charge in [-0.25, -0.2) is 8.78 Å². The molecule has 13 heavy (non-hydrogen) atoms. The lowest BCUT2D eigenvalue weighted by Crippen LogP contribution is -2.24. The van der Waals surface area contributed by atoms with Crippen molar-refractivity contribution in [3.05, 3.63) is 0 Å². The summed E-state index contributed by atoms with van der Waals surface area (Å²) in [6.07, 6.45) is -0.504. The van der Waals surface area contributed by atoms with Crippen LogP contribution in [0.4, 0.5) is 8.78 Å². The first-order valence-corrected chi connectivity index (χ1v) is 4.83. The number of halogens is 2. The Bertz CT molecular complexity index is 144. The molecule has 78 valence electrons. The van der Waals surface area contributed by atoms with Gasteiger partial charge in [-0.3, -0.25) is 0 Å². The SMILES string of the molecule is OCCN1CCC(CCC(F)F)C1. The molecule has 0 aromatic carbocycles. The van der Waals surface area contributed by atoms with Gasteiger partial charge in [0.05, 0.1) is 6.61 Å². The number of aliphatic hydroxyl groups is 1. The Balaban J connectivity index is 2.10. The summed E-state index contributed by atoms with van der Waals surface area (Å²) in [5, 5.41) is 8.67. The van der Waals surface area contributed by atoms with Gasteiger partial charge < -0.3 is 10.0 Å². The summed E-state index contributed by atoms with van der Waals surface area (Å²) < 4.78 is 23.8. The third-order valence-corrected chi connectivity index (χ3v) is 2.58. The number of nitrogens with zero attached hydrogens (tertiary/aromatic N) is 1. The molecule has 1 heterocycles. The van der Waals surface area contributed by atoms with Gasteiger partial charge in [-0.2, -0.15) is 0 Å². The molecule has 1 aliphatic heterocycles. The highest BCUT2D eigenvalue weighted by Crippen LogP contribution is 2.22. The molecule has 0 radical (unpaired) electrons. The van der Waals surface area contributed by atoms with Gasteiger partial charge in [-0.15, -0.1) is 0 Å². The molecule has 0 amide bonds. The number of rotatable bonds is 5. The molecule has 1 aliphatic rings. The maximum Gasteiger partial charge on any atom is 0.238 e. The van der Waals surface area contributed by atoms with Crippen molar-refractivity contribution in [3.63, 3.8) is 0 Å². The highest BCUT2D eigenvalue weighted by Gasteiger charge is 2.22. The fourth-order valence-corrected chi connectivity index (χ4v) is 1.85. The van der Waals surface area contributed by atoms with E-state index in [0.29, 0.717) is 18.9 Å². The van der Waals surface area contributed by atoms with Gasteiger partial charge in [0.2, 0.25) is 6.43 Å². The Morgan fingerprint density at radius 2 is 2.23 bits per heavy atom. The lowest BCUT2D eigenvalue weighted by molar-refractivity contribution is 0.127. The zero-order valence-electron chi connectivity index (χ0n) is 7.75. The zero-order chi connectivity index (χ0) is 9.68. The number of likely N-dealkylation sites (tertiary alicyclic amines) is 1. The second-order valence-electron chi connectivity index (χ2n) is 3.65. The summed E-state index contributed by atoms with van der Waals surface area (Å²) >= 11 is 0. The number of hydrogen-bond donors (Lipinski definition) is 1. The van der Waals surface area contributed by atoms with Crippen molar-refractivity contribution in [2.45, 2.75) is 25.7 Å². The molecule has 1 unspecified atom stereocenters. The molecule has 2 nitrogen and oxygen atoms in total. The maximum absolute atomic E-state index is 11.9. The summed E-state index contributed by atoms with van der Waals surface area (Å²) in [6, 6.07) is 0. The highest BCUT2D eigenvalue weighted by molar-refractivity contribution is 4.75. The monoisotopic (exact) mass is 193 g/mol. The van der Waals surface area contributed by atoms with Crippen molar-refractivity contribution in [3.8, 4) is 0 Å². The van der Waals surface area contributed by atoms with Crippen molar-refractivity contribution in [2.24, 2.45) is 5.92 Å². The summed E-state index contributed by atoms with van der Waals surface area (Å²) in [7, 11) is 0. The maximum atomic E-state index is 11.9. The van der Waals surface area contributed by atoms with Gasteiger partial charge in [0, 0.05) is 19.5 Å². The van der Waals surface area contributed by atoms with Crippen molar-refractivity contribution in [2.75, 3.05) is 26.2 Å². The van der Waals surface area contributed by atoms with E-state index in [-0.39, 0.29) is 13.0 Å². The second-order valence-corrected chi connectivity index (χ2v) is 3.65. The second kappa shape index (κ2) is 5.50. The minimum Gasteiger partial charge on any atom is -0.395 e. The van der Waals surface area contributed by atoms with Crippen LogP contribution in [-0.2, 0) is 0 Å². The van der Waals surface area contributed by atoms with Crippen molar-refractivity contribution >= 4 is 0 Å². The van der Waals surface area contributed by atoms with Crippen LogP contribution in [-0.4, -0.2) is 42.7 Å². The van der Waals surface area contributed by atoms with E-state index in [1.807, 2.05) is 0 Å². The first-order chi connectivity index (χ1) is 6.22. The number of β-amino-alcohol motifs (C(OH)–C–C–N with tert-alkyl or cyclic N) is 1. The summed E-state index contributed by atoms with van der Waals surface area (Å²) in [6.45, 7) is 2.69.